The second kappa shape index (κ2) is 8.26. The highest BCUT2D eigenvalue weighted by Gasteiger charge is 2.23. The summed E-state index contributed by atoms with van der Waals surface area (Å²) < 4.78 is 33.7. The maximum Gasteiger partial charge on any atom is 0.268 e. The lowest BCUT2D eigenvalue weighted by Gasteiger charge is -2.21. The van der Waals surface area contributed by atoms with Gasteiger partial charge in [-0.2, -0.15) is 0 Å². The third-order valence-corrected chi connectivity index (χ3v) is 7.47. The Bertz CT molecular complexity index is 1540. The third kappa shape index (κ3) is 3.70. The van der Waals surface area contributed by atoms with Crippen LogP contribution in [-0.4, -0.2) is 31.5 Å². The zero-order valence-corrected chi connectivity index (χ0v) is 19.2. The quantitative estimate of drug-likeness (QED) is 0.356. The number of methoxy groups -OCH3 is 1. The lowest BCUT2D eigenvalue weighted by molar-refractivity contribution is 0.415. The van der Waals surface area contributed by atoms with Crippen molar-refractivity contribution in [3.8, 4) is 5.75 Å². The summed E-state index contributed by atoms with van der Waals surface area (Å²) in [5, 5.41) is 1.78. The number of hydrogen-bond acceptors (Lipinski definition) is 5. The standard InChI is InChI=1S/C26H23N3O3S/c1-28(19-12-14-20(32-2)15-13-19)18-25-26-23(22-10-6-7-11-24(22)27-25)16-17-29(26)33(30,31)21-8-4-3-5-9-21/h3-17H,18H2,1-2H3. The summed E-state index contributed by atoms with van der Waals surface area (Å²) in [6, 6.07) is 25.9. The van der Waals surface area contributed by atoms with Gasteiger partial charge < -0.3 is 9.64 Å². The molecule has 2 aromatic heterocycles. The average Bonchev–Trinajstić information content (AvgIpc) is 3.31. The van der Waals surface area contributed by atoms with Crippen LogP contribution < -0.4 is 9.64 Å². The highest BCUT2D eigenvalue weighted by molar-refractivity contribution is 7.90. The number of pyridine rings is 1. The SMILES string of the molecule is COc1ccc(N(C)Cc2nc3ccccc3c3ccn(S(=O)(=O)c4ccccc4)c23)cc1. The number of ether oxygens (including phenoxy) is 1. The summed E-state index contributed by atoms with van der Waals surface area (Å²) in [6.07, 6.45) is 1.62. The van der Waals surface area contributed by atoms with Gasteiger partial charge in [-0.15, -0.1) is 0 Å². The van der Waals surface area contributed by atoms with E-state index in [-0.39, 0.29) is 4.90 Å². The van der Waals surface area contributed by atoms with Crippen molar-refractivity contribution in [1.29, 1.82) is 0 Å². The zero-order chi connectivity index (χ0) is 23.0. The molecule has 0 N–H and O–H groups in total. The predicted octanol–water partition coefficient (Wildman–Crippen LogP) is 5.07. The van der Waals surface area contributed by atoms with Crippen LogP contribution in [0, 0.1) is 0 Å². The molecule has 33 heavy (non-hydrogen) atoms. The van der Waals surface area contributed by atoms with Crippen LogP contribution in [-0.2, 0) is 16.6 Å². The maximum absolute atomic E-state index is 13.5. The molecule has 0 atom stereocenters. The first-order chi connectivity index (χ1) is 16.0. The molecule has 0 fully saturated rings. The highest BCUT2D eigenvalue weighted by atomic mass is 32.2. The number of hydrogen-bond donors (Lipinski definition) is 0. The number of para-hydroxylation sites is 1. The summed E-state index contributed by atoms with van der Waals surface area (Å²) in [6.45, 7) is 0.433. The lowest BCUT2D eigenvalue weighted by atomic mass is 10.1. The Morgan fingerprint density at radius 1 is 0.879 bits per heavy atom. The molecule has 0 aliphatic rings. The van der Waals surface area contributed by atoms with E-state index < -0.39 is 10.0 Å². The smallest absolute Gasteiger partial charge is 0.268 e. The Labute approximate surface area is 192 Å². The largest absolute Gasteiger partial charge is 0.497 e. The molecule has 0 aliphatic heterocycles. The van der Waals surface area contributed by atoms with Crippen LogP contribution in [0.3, 0.4) is 0 Å². The first kappa shape index (κ1) is 21.0. The van der Waals surface area contributed by atoms with Crippen LogP contribution in [0.15, 0.2) is 96.0 Å². The molecular formula is C26H23N3O3S. The molecule has 0 radical (unpaired) electrons. The van der Waals surface area contributed by atoms with Gasteiger partial charge in [-0.25, -0.2) is 17.4 Å². The van der Waals surface area contributed by atoms with Crippen molar-refractivity contribution in [3.05, 3.63) is 96.8 Å². The van der Waals surface area contributed by atoms with Gasteiger partial charge in [0.15, 0.2) is 0 Å². The van der Waals surface area contributed by atoms with E-state index in [2.05, 4.69) is 0 Å². The van der Waals surface area contributed by atoms with E-state index >= 15 is 0 Å². The summed E-state index contributed by atoms with van der Waals surface area (Å²) in [4.78, 5) is 7.18. The number of aromatic nitrogens is 2. The van der Waals surface area contributed by atoms with Crippen LogP contribution in [0.5, 0.6) is 5.75 Å². The van der Waals surface area contributed by atoms with Crippen LogP contribution in [0.2, 0.25) is 0 Å². The van der Waals surface area contributed by atoms with Crippen molar-refractivity contribution < 1.29 is 13.2 Å². The molecule has 7 heteroatoms. The molecule has 0 spiro atoms. The van der Waals surface area contributed by atoms with Crippen molar-refractivity contribution in [2.45, 2.75) is 11.4 Å². The molecular weight excluding hydrogens is 434 g/mol. The normalized spacial score (nSPS) is 11.7. The second-order valence-electron chi connectivity index (χ2n) is 7.82. The van der Waals surface area contributed by atoms with Crippen molar-refractivity contribution in [2.24, 2.45) is 0 Å². The summed E-state index contributed by atoms with van der Waals surface area (Å²) in [5.41, 5.74) is 3.09. The van der Waals surface area contributed by atoms with E-state index in [0.29, 0.717) is 17.8 Å². The lowest BCUT2D eigenvalue weighted by Crippen LogP contribution is -2.19. The molecule has 6 nitrogen and oxygen atoms in total. The Kier molecular flexibility index (Phi) is 5.26. The van der Waals surface area contributed by atoms with Crippen LogP contribution in [0.4, 0.5) is 5.69 Å². The molecule has 0 bridgehead atoms. The minimum absolute atomic E-state index is 0.241. The minimum atomic E-state index is -3.78. The van der Waals surface area contributed by atoms with Crippen molar-refractivity contribution in [1.82, 2.24) is 8.96 Å². The van der Waals surface area contributed by atoms with Gasteiger partial charge in [-0.3, -0.25) is 0 Å². The van der Waals surface area contributed by atoms with Gasteiger partial charge in [0.2, 0.25) is 0 Å². The molecule has 0 aliphatic carbocycles. The Balaban J connectivity index is 1.69. The van der Waals surface area contributed by atoms with E-state index in [1.165, 1.54) is 3.97 Å². The Hall–Kier alpha value is -3.84. The number of nitrogens with zero attached hydrogens (tertiary/aromatic N) is 3. The minimum Gasteiger partial charge on any atom is -0.497 e. The molecule has 0 saturated carbocycles. The first-order valence-electron chi connectivity index (χ1n) is 10.5. The molecule has 3 aromatic carbocycles. The van der Waals surface area contributed by atoms with Gasteiger partial charge in [0.05, 0.1) is 35.3 Å². The number of benzene rings is 3. The number of rotatable bonds is 6. The molecule has 5 aromatic rings. The molecule has 166 valence electrons. The van der Waals surface area contributed by atoms with Crippen molar-refractivity contribution in [3.63, 3.8) is 0 Å². The van der Waals surface area contributed by atoms with Crippen molar-refractivity contribution >= 4 is 37.5 Å². The highest BCUT2D eigenvalue weighted by Crippen LogP contribution is 2.31. The summed E-state index contributed by atoms with van der Waals surface area (Å²) in [7, 11) is -0.185. The van der Waals surface area contributed by atoms with Gasteiger partial charge >= 0.3 is 0 Å². The molecule has 0 unspecified atom stereocenters. The summed E-state index contributed by atoms with van der Waals surface area (Å²) in [5.74, 6) is 0.779. The van der Waals surface area contributed by atoms with Gasteiger partial charge in [0.25, 0.3) is 10.0 Å². The van der Waals surface area contributed by atoms with E-state index in [4.69, 9.17) is 9.72 Å². The van der Waals surface area contributed by atoms with Crippen LogP contribution >= 0.6 is 0 Å². The van der Waals surface area contributed by atoms with Crippen LogP contribution in [0.1, 0.15) is 5.69 Å². The van der Waals surface area contributed by atoms with Gasteiger partial charge in [-0.1, -0.05) is 36.4 Å². The number of anilines is 1. The Morgan fingerprint density at radius 2 is 1.58 bits per heavy atom. The van der Waals surface area contributed by atoms with E-state index in [9.17, 15) is 8.42 Å². The average molecular weight is 458 g/mol. The second-order valence-corrected chi connectivity index (χ2v) is 9.64. The topological polar surface area (TPSA) is 64.4 Å². The summed E-state index contributed by atoms with van der Waals surface area (Å²) >= 11 is 0. The van der Waals surface area contributed by atoms with E-state index in [1.807, 2.05) is 66.5 Å². The molecule has 5 rings (SSSR count). The van der Waals surface area contributed by atoms with E-state index in [0.717, 1.165) is 27.7 Å². The fraction of sp³-hybridized carbons (Fsp3) is 0.115. The fourth-order valence-corrected chi connectivity index (χ4v) is 5.47. The van der Waals surface area contributed by atoms with E-state index in [1.54, 1.807) is 43.6 Å². The zero-order valence-electron chi connectivity index (χ0n) is 18.3. The van der Waals surface area contributed by atoms with Crippen molar-refractivity contribution in [2.75, 3.05) is 19.1 Å². The monoisotopic (exact) mass is 457 g/mol. The van der Waals surface area contributed by atoms with Crippen LogP contribution in [0.25, 0.3) is 21.8 Å². The predicted molar refractivity (Wildman–Crippen MR) is 131 cm³/mol. The fourth-order valence-electron chi connectivity index (χ4n) is 4.08. The van der Waals surface area contributed by atoms with Gasteiger partial charge in [-0.05, 0) is 48.5 Å². The third-order valence-electron chi connectivity index (χ3n) is 5.78. The maximum atomic E-state index is 13.5. The first-order valence-corrected chi connectivity index (χ1v) is 12.0. The molecule has 0 amide bonds. The number of fused-ring (bicyclic) bond motifs is 3. The Morgan fingerprint density at radius 3 is 2.30 bits per heavy atom. The van der Waals surface area contributed by atoms with Gasteiger partial charge in [0, 0.05) is 29.7 Å². The molecule has 0 saturated heterocycles. The van der Waals surface area contributed by atoms with Gasteiger partial charge in [0.1, 0.15) is 5.75 Å². The molecule has 2 heterocycles.